The van der Waals surface area contributed by atoms with Crippen molar-refractivity contribution in [3.8, 4) is 0 Å². The van der Waals surface area contributed by atoms with Crippen LogP contribution < -0.4 is 0 Å². The Morgan fingerprint density at radius 3 is 2.54 bits per heavy atom. The molecule has 8 heteroatoms. The molecule has 4 aliphatic rings. The van der Waals surface area contributed by atoms with Gasteiger partial charge in [0.25, 0.3) is 0 Å². The number of fused-ring (bicyclic) bond motifs is 1. The van der Waals surface area contributed by atoms with Crippen LogP contribution in [0.25, 0.3) is 0 Å². The number of aliphatic hydroxyl groups is 1. The summed E-state index contributed by atoms with van der Waals surface area (Å²) in [6, 6.07) is -1.29. The molecule has 4 fully saturated rings. The van der Waals surface area contributed by atoms with E-state index in [1.54, 1.807) is 17.9 Å². The van der Waals surface area contributed by atoms with Crippen LogP contribution in [-0.4, -0.2) is 81.8 Å². The molecule has 8 nitrogen and oxygen atoms in total. The Morgan fingerprint density at radius 1 is 1.26 bits per heavy atom. The third-order valence-corrected chi connectivity index (χ3v) is 9.09. The van der Waals surface area contributed by atoms with Crippen LogP contribution in [0.1, 0.15) is 78.6 Å². The van der Waals surface area contributed by atoms with Gasteiger partial charge in [0, 0.05) is 12.6 Å². The molecule has 0 aromatic rings. The summed E-state index contributed by atoms with van der Waals surface area (Å²) in [5.41, 5.74) is -1.88. The molecule has 0 radical (unpaired) electrons. The van der Waals surface area contributed by atoms with Crippen LogP contribution in [0.4, 0.5) is 0 Å². The topological polar surface area (TPSA) is 96.4 Å². The van der Waals surface area contributed by atoms with E-state index < -0.39 is 41.1 Å². The lowest BCUT2D eigenvalue weighted by Crippen LogP contribution is -2.60. The van der Waals surface area contributed by atoms with Gasteiger partial charge in [0.2, 0.25) is 11.8 Å². The summed E-state index contributed by atoms with van der Waals surface area (Å²) in [5.74, 6) is -2.35. The number of amides is 2. The van der Waals surface area contributed by atoms with Gasteiger partial charge in [-0.3, -0.25) is 14.4 Å². The molecule has 1 aliphatic carbocycles. The molecule has 0 aromatic carbocycles. The molecule has 3 heterocycles. The molecule has 2 bridgehead atoms. The number of ether oxygens (including phenoxy) is 2. The third kappa shape index (κ3) is 3.91. The summed E-state index contributed by atoms with van der Waals surface area (Å²) in [6.07, 6.45) is 9.12. The van der Waals surface area contributed by atoms with Crippen LogP contribution in [0.3, 0.4) is 0 Å². The van der Waals surface area contributed by atoms with E-state index >= 15 is 0 Å². The zero-order chi connectivity index (χ0) is 25.4. The molecular weight excluding hydrogens is 448 g/mol. The van der Waals surface area contributed by atoms with E-state index in [0.717, 1.165) is 25.7 Å². The molecule has 1 N–H and O–H groups in total. The Kier molecular flexibility index (Phi) is 7.62. The first-order chi connectivity index (χ1) is 16.9. The maximum atomic E-state index is 14.5. The Balaban J connectivity index is 1.81. The van der Waals surface area contributed by atoms with Gasteiger partial charge in [-0.1, -0.05) is 39.2 Å². The van der Waals surface area contributed by atoms with Crippen molar-refractivity contribution in [1.82, 2.24) is 9.80 Å². The third-order valence-electron chi connectivity index (χ3n) is 9.09. The highest BCUT2D eigenvalue weighted by Crippen LogP contribution is 2.65. The van der Waals surface area contributed by atoms with Crippen molar-refractivity contribution in [2.75, 3.05) is 19.8 Å². The molecule has 35 heavy (non-hydrogen) atoms. The van der Waals surface area contributed by atoms with Crippen LogP contribution in [-0.2, 0) is 23.9 Å². The number of rotatable bonds is 10. The molecule has 2 unspecified atom stereocenters. The average molecular weight is 491 g/mol. The fourth-order valence-electron chi connectivity index (χ4n) is 7.44. The van der Waals surface area contributed by atoms with Crippen LogP contribution in [0.5, 0.6) is 0 Å². The summed E-state index contributed by atoms with van der Waals surface area (Å²) >= 11 is 0. The zero-order valence-electron chi connectivity index (χ0n) is 21.5. The molecule has 3 saturated heterocycles. The van der Waals surface area contributed by atoms with Gasteiger partial charge >= 0.3 is 5.97 Å². The van der Waals surface area contributed by atoms with E-state index in [1.807, 2.05) is 18.7 Å². The highest BCUT2D eigenvalue weighted by molar-refractivity contribution is 5.99. The number of nitrogens with zero attached hydrogens (tertiary/aromatic N) is 2. The molecule has 0 aromatic heterocycles. The number of likely N-dealkylation sites (tertiary alicyclic amines) is 1. The second kappa shape index (κ2) is 10.2. The van der Waals surface area contributed by atoms with Gasteiger partial charge < -0.3 is 24.4 Å². The van der Waals surface area contributed by atoms with Crippen molar-refractivity contribution in [3.63, 3.8) is 0 Å². The SMILES string of the molecule is C=CCN(C(=O)C1N([C@@H](CC)CO)C(=O)[C@@H]2[C@H](C(=O)OCC)[C@]3(CC)CCC12O3)C1CCCCC1. The average Bonchev–Trinajstić information content (AvgIpc) is 3.48. The first kappa shape index (κ1) is 26.1. The van der Waals surface area contributed by atoms with E-state index in [0.29, 0.717) is 32.2 Å². The summed E-state index contributed by atoms with van der Waals surface area (Å²) in [4.78, 5) is 45.3. The molecule has 3 aliphatic heterocycles. The lowest BCUT2D eigenvalue weighted by molar-refractivity contribution is -0.164. The van der Waals surface area contributed by atoms with Crippen LogP contribution in [0.15, 0.2) is 12.7 Å². The summed E-state index contributed by atoms with van der Waals surface area (Å²) in [6.45, 7) is 9.90. The number of esters is 1. The predicted octanol–water partition coefficient (Wildman–Crippen LogP) is 2.82. The highest BCUT2D eigenvalue weighted by atomic mass is 16.6. The number of carbonyl (C=O) groups is 3. The number of aliphatic hydroxyl groups excluding tert-OH is 1. The number of carbonyl (C=O) groups excluding carboxylic acids is 3. The van der Waals surface area contributed by atoms with Crippen molar-refractivity contribution in [3.05, 3.63) is 12.7 Å². The van der Waals surface area contributed by atoms with Crippen molar-refractivity contribution in [1.29, 1.82) is 0 Å². The fourth-order valence-corrected chi connectivity index (χ4v) is 7.44. The second-order valence-electron chi connectivity index (χ2n) is 10.6. The Hall–Kier alpha value is -1.93. The highest BCUT2D eigenvalue weighted by Gasteiger charge is 2.79. The van der Waals surface area contributed by atoms with Crippen molar-refractivity contribution in [2.45, 2.75) is 108 Å². The number of hydrogen-bond acceptors (Lipinski definition) is 6. The maximum absolute atomic E-state index is 14.5. The van der Waals surface area contributed by atoms with Gasteiger partial charge in [-0.25, -0.2) is 0 Å². The second-order valence-corrected chi connectivity index (χ2v) is 10.6. The molecule has 2 amide bonds. The lowest BCUT2D eigenvalue weighted by atomic mass is 9.65. The number of hydrogen-bond donors (Lipinski definition) is 1. The van der Waals surface area contributed by atoms with Gasteiger partial charge in [0.05, 0.1) is 30.8 Å². The zero-order valence-corrected chi connectivity index (χ0v) is 21.5. The van der Waals surface area contributed by atoms with Crippen molar-refractivity contribution < 1.29 is 29.0 Å². The summed E-state index contributed by atoms with van der Waals surface area (Å²) in [5, 5.41) is 10.2. The monoisotopic (exact) mass is 490 g/mol. The lowest BCUT2D eigenvalue weighted by Gasteiger charge is -2.42. The molecule has 4 rings (SSSR count). The van der Waals surface area contributed by atoms with E-state index in [-0.39, 0.29) is 31.1 Å². The molecule has 1 spiro atoms. The van der Waals surface area contributed by atoms with Gasteiger partial charge in [0.1, 0.15) is 17.6 Å². The molecular formula is C27H42N2O6. The van der Waals surface area contributed by atoms with Crippen molar-refractivity contribution >= 4 is 17.8 Å². The largest absolute Gasteiger partial charge is 0.466 e. The maximum Gasteiger partial charge on any atom is 0.312 e. The predicted molar refractivity (Wildman–Crippen MR) is 130 cm³/mol. The van der Waals surface area contributed by atoms with E-state index in [1.165, 1.54) is 6.42 Å². The van der Waals surface area contributed by atoms with Gasteiger partial charge in [-0.05, 0) is 45.4 Å². The van der Waals surface area contributed by atoms with Crippen LogP contribution in [0, 0.1) is 11.8 Å². The Morgan fingerprint density at radius 2 is 1.97 bits per heavy atom. The fraction of sp³-hybridized carbons (Fsp3) is 0.815. The normalized spacial score (nSPS) is 35.1. The minimum Gasteiger partial charge on any atom is -0.466 e. The van der Waals surface area contributed by atoms with Crippen LogP contribution >= 0.6 is 0 Å². The molecule has 196 valence electrons. The molecule has 6 atom stereocenters. The minimum absolute atomic E-state index is 0.0930. The first-order valence-electron chi connectivity index (χ1n) is 13.6. The Labute approximate surface area is 209 Å². The van der Waals surface area contributed by atoms with E-state index in [9.17, 15) is 19.5 Å². The summed E-state index contributed by atoms with van der Waals surface area (Å²) in [7, 11) is 0. The first-order valence-corrected chi connectivity index (χ1v) is 13.6. The molecule has 1 saturated carbocycles. The van der Waals surface area contributed by atoms with Crippen LogP contribution in [0.2, 0.25) is 0 Å². The smallest absolute Gasteiger partial charge is 0.312 e. The van der Waals surface area contributed by atoms with Crippen molar-refractivity contribution in [2.24, 2.45) is 11.8 Å². The van der Waals surface area contributed by atoms with Gasteiger partial charge in [-0.15, -0.1) is 6.58 Å². The summed E-state index contributed by atoms with van der Waals surface area (Å²) < 4.78 is 12.2. The quantitative estimate of drug-likeness (QED) is 0.374. The van der Waals surface area contributed by atoms with Gasteiger partial charge in [-0.2, -0.15) is 0 Å². The Bertz CT molecular complexity index is 838. The van der Waals surface area contributed by atoms with E-state index in [2.05, 4.69) is 6.58 Å². The van der Waals surface area contributed by atoms with Gasteiger partial charge in [0.15, 0.2) is 0 Å². The standard InChI is InChI=1S/C27H42N2O6/c1-5-16-28(19-12-10-9-11-13-19)24(32)22-27-15-14-26(7-3,35-27)21(25(33)34-8-4)20(27)23(31)29(22)18(6-2)17-30/h5,18-22,30H,1,6-17H2,2-4H3/t18-,20-,21+,22?,26-,27?/m0/s1. The van der Waals surface area contributed by atoms with E-state index in [4.69, 9.17) is 9.47 Å². The minimum atomic E-state index is -1.09.